The number of nitrogens with one attached hydrogen (secondary N) is 1. The molecule has 6 atom stereocenters. The van der Waals surface area contributed by atoms with Gasteiger partial charge in [-0.3, -0.25) is 44.8 Å². The molecule has 16 nitrogen and oxygen atoms in total. The van der Waals surface area contributed by atoms with Gasteiger partial charge in [-0.15, -0.1) is 0 Å². The van der Waals surface area contributed by atoms with Crippen LogP contribution >= 0.6 is 23.2 Å². The van der Waals surface area contributed by atoms with Gasteiger partial charge >= 0.3 is 17.6 Å². The van der Waals surface area contributed by atoms with E-state index in [1.165, 1.54) is 31.1 Å². The van der Waals surface area contributed by atoms with E-state index in [4.69, 9.17) is 23.2 Å². The van der Waals surface area contributed by atoms with E-state index < -0.39 is 108 Å². The van der Waals surface area contributed by atoms with Crippen molar-refractivity contribution in [3.63, 3.8) is 0 Å². The fourth-order valence-corrected chi connectivity index (χ4v) is 10.4. The summed E-state index contributed by atoms with van der Waals surface area (Å²) in [5.41, 5.74) is -0.697. The highest BCUT2D eigenvalue weighted by atomic mass is 35.5. The molecular weight excluding hydrogens is 874 g/mol. The number of pyridine rings is 1. The molecule has 2 N–H and O–H groups in total. The van der Waals surface area contributed by atoms with Crippen LogP contribution < -0.4 is 15.2 Å². The van der Waals surface area contributed by atoms with Gasteiger partial charge in [-0.2, -0.15) is 18.2 Å². The molecule has 0 unspecified atom stereocenters. The normalized spacial score (nSPS) is 24.2. The van der Waals surface area contributed by atoms with Crippen LogP contribution in [0.3, 0.4) is 0 Å². The van der Waals surface area contributed by atoms with Crippen LogP contribution in [0.2, 0.25) is 10.0 Å². The van der Waals surface area contributed by atoms with Crippen molar-refractivity contribution in [3.8, 4) is 5.75 Å². The Kier molecular flexibility index (Phi) is 10.3. The van der Waals surface area contributed by atoms with Crippen molar-refractivity contribution in [1.82, 2.24) is 9.99 Å². The van der Waals surface area contributed by atoms with Crippen LogP contribution in [0.1, 0.15) is 46.6 Å². The molecule has 3 aromatic carbocycles. The van der Waals surface area contributed by atoms with E-state index in [1.807, 2.05) is 0 Å². The first kappa shape index (κ1) is 43.1. The van der Waals surface area contributed by atoms with Crippen molar-refractivity contribution in [2.75, 3.05) is 29.3 Å². The molecule has 4 aromatic rings. The minimum absolute atomic E-state index is 0.0447. The molecule has 2 aliphatic heterocycles. The second kappa shape index (κ2) is 15.0. The molecule has 63 heavy (non-hydrogen) atoms. The largest absolute Gasteiger partial charge is 0.507 e. The van der Waals surface area contributed by atoms with Gasteiger partial charge in [0.2, 0.25) is 11.8 Å². The number of aromatic hydroxyl groups is 1. The molecule has 4 aliphatic rings. The topological polar surface area (TPSA) is 209 Å². The van der Waals surface area contributed by atoms with Crippen molar-refractivity contribution >= 4 is 75.4 Å². The summed E-state index contributed by atoms with van der Waals surface area (Å²) in [6, 6.07) is 11.9. The molecule has 0 spiro atoms. The molecule has 1 saturated carbocycles. The van der Waals surface area contributed by atoms with Crippen LogP contribution in [0.15, 0.2) is 72.4 Å². The number of fused-ring (bicyclic) bond motifs is 4. The van der Waals surface area contributed by atoms with Gasteiger partial charge in [-0.05, 0) is 73.1 Å². The maximum atomic E-state index is 15.5. The number of carbonyl (C=O) groups is 4. The van der Waals surface area contributed by atoms with Crippen LogP contribution in [0.4, 0.5) is 41.7 Å². The maximum absolute atomic E-state index is 15.5. The smallest absolute Gasteiger partial charge is 0.417 e. The van der Waals surface area contributed by atoms with E-state index in [0.29, 0.717) is 50.0 Å². The zero-order chi connectivity index (χ0) is 45.8. The van der Waals surface area contributed by atoms with Gasteiger partial charge in [0, 0.05) is 43.4 Å². The van der Waals surface area contributed by atoms with Crippen molar-refractivity contribution in [2.45, 2.75) is 44.2 Å². The average Bonchev–Trinajstić information content (AvgIpc) is 3.60. The number of hydrazine groups is 1. The van der Waals surface area contributed by atoms with Gasteiger partial charge in [0.15, 0.2) is 11.5 Å². The number of hydrogen-bond acceptors (Lipinski definition) is 12. The van der Waals surface area contributed by atoms with Gasteiger partial charge in [-0.1, -0.05) is 59.1 Å². The molecule has 1 aromatic heterocycles. The lowest BCUT2D eigenvalue weighted by Gasteiger charge is -2.50. The highest BCUT2D eigenvalue weighted by Crippen LogP contribution is 2.64. The average molecular weight is 909 g/mol. The highest BCUT2D eigenvalue weighted by Gasteiger charge is 2.70. The predicted molar refractivity (Wildman–Crippen MR) is 221 cm³/mol. The number of allylic oxidation sites excluding steroid dienone is 2. The van der Waals surface area contributed by atoms with Crippen molar-refractivity contribution in [1.29, 1.82) is 0 Å². The first-order valence-corrected chi connectivity index (χ1v) is 20.0. The standard InChI is InChI=1S/C42H34Cl2F3N7O9/c1-18-11-20(12-19(2)35(18)55)33-25-9-10-26-32(39(58)51(37(26)56)24-14-30(53(60)61)34(50(3)4)31(15-24)54(62)63)27(25)16-28-38(57)52(40(59)41(28,33)21-5-7-23(43)8-6-21)49-36-29(44)13-22(17-48-36)42(45,46)47/h5-9,11-15,17,26-28,32-33,55H,10,16H2,1-4H3,(H,48,49)/t26-,27+,28-,32-,33-,41+/m0/s1. The van der Waals surface area contributed by atoms with Crippen LogP contribution in [0.25, 0.3) is 0 Å². The number of benzene rings is 3. The number of alkyl halides is 3. The number of rotatable bonds is 8. The number of phenolic OH excluding ortho intramolecular Hbond substituents is 1. The lowest BCUT2D eigenvalue weighted by Crippen LogP contribution is -2.53. The Hall–Kier alpha value is -6.60. The number of nitrogens with zero attached hydrogens (tertiary/aromatic N) is 6. The summed E-state index contributed by atoms with van der Waals surface area (Å²) in [7, 11) is 2.73. The number of aromatic nitrogens is 1. The number of anilines is 3. The summed E-state index contributed by atoms with van der Waals surface area (Å²) in [6.07, 6.45) is -2.94. The minimum Gasteiger partial charge on any atom is -0.507 e. The van der Waals surface area contributed by atoms with Gasteiger partial charge in [0.05, 0.1) is 49.3 Å². The number of hydrogen-bond donors (Lipinski definition) is 2. The number of nitro benzene ring substituents is 2. The van der Waals surface area contributed by atoms with Gasteiger partial charge in [0.25, 0.3) is 11.8 Å². The second-order valence-corrected chi connectivity index (χ2v) is 17.0. The van der Waals surface area contributed by atoms with Gasteiger partial charge < -0.3 is 10.0 Å². The molecule has 3 fully saturated rings. The summed E-state index contributed by atoms with van der Waals surface area (Å²) >= 11 is 12.6. The van der Waals surface area contributed by atoms with E-state index in [-0.39, 0.29) is 29.3 Å². The van der Waals surface area contributed by atoms with Crippen molar-refractivity contribution in [2.24, 2.45) is 23.7 Å². The van der Waals surface area contributed by atoms with Crippen LogP contribution in [0.5, 0.6) is 5.75 Å². The third-order valence-corrected chi connectivity index (χ3v) is 13.1. The number of carbonyl (C=O) groups excluding carboxylic acids is 4. The van der Waals surface area contributed by atoms with E-state index in [9.17, 15) is 48.1 Å². The molecule has 0 radical (unpaired) electrons. The SMILES string of the molecule is Cc1cc([C@H]2C3=CC[C@@H]4C(=O)N(c5cc([N+](=O)[O-])c(N(C)C)c([N+](=O)[O-])c5)C(=O)[C@@H]4[C@@H]3C[C@H]3C(=O)N(Nc4ncc(C(F)(F)F)cc4Cl)C(=O)[C@@]23c2ccc(Cl)cc2)cc(C)c1O. The molecule has 2 aliphatic carbocycles. The third kappa shape index (κ3) is 6.54. The molecule has 326 valence electrons. The molecule has 2 saturated heterocycles. The number of nitro groups is 2. The summed E-state index contributed by atoms with van der Waals surface area (Å²) in [4.78, 5) is 88.2. The Balaban J connectivity index is 1.32. The van der Waals surface area contributed by atoms with E-state index >= 15 is 9.59 Å². The third-order valence-electron chi connectivity index (χ3n) is 12.6. The quantitative estimate of drug-likeness (QED) is 0.0751. The monoisotopic (exact) mass is 907 g/mol. The summed E-state index contributed by atoms with van der Waals surface area (Å²) in [5.74, 6) is -9.61. The molecule has 3 heterocycles. The maximum Gasteiger partial charge on any atom is 0.417 e. The Morgan fingerprint density at radius 2 is 1.51 bits per heavy atom. The van der Waals surface area contributed by atoms with E-state index in [0.717, 1.165) is 12.1 Å². The highest BCUT2D eigenvalue weighted by molar-refractivity contribution is 6.33. The molecule has 4 amide bonds. The molecular formula is C42H34Cl2F3N7O9. The molecule has 21 heteroatoms. The Morgan fingerprint density at radius 3 is 2.05 bits per heavy atom. The van der Waals surface area contributed by atoms with E-state index in [2.05, 4.69) is 10.4 Å². The van der Waals surface area contributed by atoms with Crippen molar-refractivity contribution in [3.05, 3.63) is 131 Å². The molecule has 0 bridgehead atoms. The summed E-state index contributed by atoms with van der Waals surface area (Å²) in [5, 5.41) is 35.8. The van der Waals surface area contributed by atoms with Gasteiger partial charge in [0.1, 0.15) is 5.75 Å². The van der Waals surface area contributed by atoms with E-state index in [1.54, 1.807) is 44.2 Å². The molecule has 8 rings (SSSR count). The number of aryl methyl sites for hydroxylation is 2. The summed E-state index contributed by atoms with van der Waals surface area (Å²) < 4.78 is 40.7. The zero-order valence-electron chi connectivity index (χ0n) is 33.4. The van der Waals surface area contributed by atoms with Crippen LogP contribution in [-0.2, 0) is 30.8 Å². The second-order valence-electron chi connectivity index (χ2n) is 16.2. The lowest BCUT2D eigenvalue weighted by molar-refractivity contribution is -0.392. The van der Waals surface area contributed by atoms with Crippen LogP contribution in [0, 0.1) is 57.7 Å². The fourth-order valence-electron chi connectivity index (χ4n) is 10.0. The van der Waals surface area contributed by atoms with Crippen molar-refractivity contribution < 1.29 is 47.3 Å². The van der Waals surface area contributed by atoms with Crippen LogP contribution in [-0.4, -0.2) is 62.7 Å². The number of amides is 4. The first-order chi connectivity index (χ1) is 29.6. The number of halogens is 5. The predicted octanol–water partition coefficient (Wildman–Crippen LogP) is 7.80. The zero-order valence-corrected chi connectivity index (χ0v) is 34.9. The number of phenols is 1. The minimum atomic E-state index is -4.81. The Morgan fingerprint density at radius 1 is 0.905 bits per heavy atom. The Labute approximate surface area is 365 Å². The summed E-state index contributed by atoms with van der Waals surface area (Å²) in [6.45, 7) is 3.27. The lowest BCUT2D eigenvalue weighted by atomic mass is 9.49. The first-order valence-electron chi connectivity index (χ1n) is 19.2. The van der Waals surface area contributed by atoms with Gasteiger partial charge in [-0.25, -0.2) is 9.88 Å². The fraction of sp³-hybridized carbons (Fsp3) is 0.310. The Bertz CT molecular complexity index is 2690. The number of imide groups is 2.